The van der Waals surface area contributed by atoms with Crippen molar-refractivity contribution in [3.8, 4) is 0 Å². The monoisotopic (exact) mass is 567 g/mol. The summed E-state index contributed by atoms with van der Waals surface area (Å²) in [6.45, 7) is 2.04. The quantitative estimate of drug-likeness (QED) is 0.284. The van der Waals surface area contributed by atoms with Gasteiger partial charge >= 0.3 is 11.9 Å². The molecule has 5 N–H and O–H groups in total. The number of aliphatic hydroxyl groups excluding tert-OH is 1. The normalized spacial score (nSPS) is 18.0. The van der Waals surface area contributed by atoms with Crippen LogP contribution in [0.5, 0.6) is 0 Å². The lowest BCUT2D eigenvalue weighted by atomic mass is 9.84. The Hall–Kier alpha value is -4.97. The van der Waals surface area contributed by atoms with E-state index in [1.165, 1.54) is 6.20 Å². The zero-order valence-corrected chi connectivity index (χ0v) is 22.3. The number of alkyl halides is 1. The van der Waals surface area contributed by atoms with Crippen LogP contribution in [0.3, 0.4) is 0 Å². The number of nitrogens with zero attached hydrogens (tertiary/aromatic N) is 2. The van der Waals surface area contributed by atoms with Gasteiger partial charge in [0.25, 0.3) is 11.9 Å². The maximum atomic E-state index is 13.5. The summed E-state index contributed by atoms with van der Waals surface area (Å²) < 4.78 is 13.5. The van der Waals surface area contributed by atoms with E-state index in [2.05, 4.69) is 15.3 Å². The predicted octanol–water partition coefficient (Wildman–Crippen LogP) is 3.05. The summed E-state index contributed by atoms with van der Waals surface area (Å²) in [5.41, 5.74) is 0.472. The van der Waals surface area contributed by atoms with Crippen LogP contribution >= 0.6 is 0 Å². The van der Waals surface area contributed by atoms with Gasteiger partial charge in [-0.15, -0.1) is 0 Å². The predicted molar refractivity (Wildman–Crippen MR) is 147 cm³/mol. The lowest BCUT2D eigenvalue weighted by Crippen LogP contribution is -2.39. The third kappa shape index (κ3) is 10.3. The molecule has 1 aromatic heterocycles. The summed E-state index contributed by atoms with van der Waals surface area (Å²) in [4.78, 5) is 51.0. The van der Waals surface area contributed by atoms with Gasteiger partial charge in [0, 0.05) is 6.92 Å². The molecule has 1 aliphatic rings. The largest absolute Gasteiger partial charge is 0.481 e. The highest BCUT2D eigenvalue weighted by Gasteiger charge is 2.39. The fourth-order valence-electron chi connectivity index (χ4n) is 3.60. The summed E-state index contributed by atoms with van der Waals surface area (Å²) in [7, 11) is 0. The zero-order valence-electron chi connectivity index (χ0n) is 22.3. The van der Waals surface area contributed by atoms with Crippen molar-refractivity contribution in [2.75, 3.05) is 6.61 Å². The molecule has 11 nitrogen and oxygen atoms in total. The van der Waals surface area contributed by atoms with Gasteiger partial charge in [0.2, 0.25) is 0 Å². The highest BCUT2D eigenvalue weighted by Crippen LogP contribution is 2.30. The minimum absolute atomic E-state index is 0.137. The molecule has 4 rings (SSSR count). The SMILES string of the molecule is CC(=O)O.CC1(F)C=CC(C(=O)O)=CC1C(=O)O.O=C(NC(CO)Cc1ccccc1)c1cnc2ccccc2n1. The molecule has 2 aromatic carbocycles. The van der Waals surface area contributed by atoms with Crippen LogP contribution in [0, 0.1) is 5.92 Å². The Morgan fingerprint density at radius 3 is 2.15 bits per heavy atom. The van der Waals surface area contributed by atoms with Gasteiger partial charge in [-0.05, 0) is 43.2 Å². The Morgan fingerprint density at radius 1 is 1.00 bits per heavy atom. The number of aliphatic carboxylic acids is 3. The average molecular weight is 568 g/mol. The molecule has 216 valence electrons. The van der Waals surface area contributed by atoms with Crippen molar-refractivity contribution in [3.63, 3.8) is 0 Å². The van der Waals surface area contributed by atoms with Crippen molar-refractivity contribution in [2.45, 2.75) is 32.0 Å². The molecular formula is C29H30FN3O8. The number of carbonyl (C=O) groups is 4. The molecular weight excluding hydrogens is 537 g/mol. The van der Waals surface area contributed by atoms with Crippen LogP contribution in [0.4, 0.5) is 4.39 Å². The lowest BCUT2D eigenvalue weighted by Gasteiger charge is -2.24. The van der Waals surface area contributed by atoms with E-state index in [1.54, 1.807) is 0 Å². The molecule has 0 saturated carbocycles. The number of aromatic nitrogens is 2. The van der Waals surface area contributed by atoms with Gasteiger partial charge in [-0.1, -0.05) is 48.5 Å². The number of fused-ring (bicyclic) bond motifs is 1. The Kier molecular flexibility index (Phi) is 11.8. The number of para-hydroxylation sites is 2. The summed E-state index contributed by atoms with van der Waals surface area (Å²) in [6, 6.07) is 16.7. The van der Waals surface area contributed by atoms with Gasteiger partial charge < -0.3 is 25.7 Å². The number of hydrogen-bond donors (Lipinski definition) is 5. The molecule has 1 aliphatic carbocycles. The van der Waals surface area contributed by atoms with E-state index >= 15 is 0 Å². The molecule has 0 bridgehead atoms. The van der Waals surface area contributed by atoms with Crippen molar-refractivity contribution >= 4 is 34.8 Å². The minimum atomic E-state index is -2.04. The zero-order chi connectivity index (χ0) is 30.6. The fraction of sp³-hybridized carbons (Fsp3) is 0.241. The van der Waals surface area contributed by atoms with Crippen LogP contribution in [-0.4, -0.2) is 72.5 Å². The highest BCUT2D eigenvalue weighted by molar-refractivity contribution is 5.94. The fourth-order valence-corrected chi connectivity index (χ4v) is 3.60. The second-order valence-corrected chi connectivity index (χ2v) is 9.03. The number of aliphatic hydroxyl groups is 1. The van der Waals surface area contributed by atoms with Gasteiger partial charge in [-0.25, -0.2) is 14.2 Å². The molecule has 3 atom stereocenters. The van der Waals surface area contributed by atoms with Gasteiger partial charge in [0.15, 0.2) is 0 Å². The van der Waals surface area contributed by atoms with Crippen molar-refractivity contribution in [2.24, 2.45) is 5.92 Å². The molecule has 0 aliphatic heterocycles. The first-order valence-corrected chi connectivity index (χ1v) is 12.3. The molecule has 0 saturated heterocycles. The van der Waals surface area contributed by atoms with E-state index in [4.69, 9.17) is 20.1 Å². The molecule has 1 heterocycles. The Balaban J connectivity index is 0.000000278. The molecule has 1 amide bonds. The van der Waals surface area contributed by atoms with E-state index in [1.807, 2.05) is 54.6 Å². The molecule has 0 radical (unpaired) electrons. The smallest absolute Gasteiger partial charge is 0.335 e. The number of carbonyl (C=O) groups excluding carboxylic acids is 1. The average Bonchev–Trinajstić information content (AvgIpc) is 2.92. The van der Waals surface area contributed by atoms with Crippen LogP contribution in [0.2, 0.25) is 0 Å². The molecule has 3 aromatic rings. The number of nitrogens with one attached hydrogen (secondary N) is 1. The van der Waals surface area contributed by atoms with Crippen LogP contribution < -0.4 is 5.32 Å². The number of amides is 1. The first-order chi connectivity index (χ1) is 19.3. The maximum absolute atomic E-state index is 13.5. The standard InChI is InChI=1S/C18H17N3O2.C9H9FO4.C2H4O2/c22-12-14(10-13-6-2-1-3-7-13)20-18(23)17-11-19-15-8-4-5-9-16(15)21-17;1-9(10)3-2-5(7(11)12)4-6(9)8(13)14;1-2(3)4/h1-9,11,14,22H,10,12H2,(H,20,23);2-4,6H,1H3,(H,11,12)(H,13,14);1H3,(H,3,4). The van der Waals surface area contributed by atoms with E-state index in [9.17, 15) is 23.9 Å². The van der Waals surface area contributed by atoms with Crippen LogP contribution in [0.1, 0.15) is 29.9 Å². The Bertz CT molecular complexity index is 1440. The first-order valence-electron chi connectivity index (χ1n) is 12.3. The number of halogens is 1. The minimum Gasteiger partial charge on any atom is -0.481 e. The van der Waals surface area contributed by atoms with Gasteiger partial charge in [0.05, 0.1) is 35.5 Å². The Morgan fingerprint density at radius 2 is 1.59 bits per heavy atom. The van der Waals surface area contributed by atoms with Gasteiger partial charge in [-0.2, -0.15) is 0 Å². The first kappa shape index (κ1) is 32.2. The number of allylic oxidation sites excluding steroid dienone is 1. The van der Waals surface area contributed by atoms with E-state index < -0.39 is 29.5 Å². The molecule has 3 unspecified atom stereocenters. The summed E-state index contributed by atoms with van der Waals surface area (Å²) in [5.74, 6) is -5.25. The molecule has 12 heteroatoms. The van der Waals surface area contributed by atoms with E-state index in [-0.39, 0.29) is 29.8 Å². The number of benzene rings is 2. The van der Waals surface area contributed by atoms with Gasteiger partial charge in [0.1, 0.15) is 17.3 Å². The number of hydrogen-bond acceptors (Lipinski definition) is 7. The summed E-state index contributed by atoms with van der Waals surface area (Å²) >= 11 is 0. The molecule has 0 fully saturated rings. The van der Waals surface area contributed by atoms with Crippen LogP contribution in [0.25, 0.3) is 11.0 Å². The second-order valence-electron chi connectivity index (χ2n) is 9.03. The van der Waals surface area contributed by atoms with Crippen molar-refractivity contribution < 1.29 is 44.0 Å². The van der Waals surface area contributed by atoms with Crippen LogP contribution in [0.15, 0.2) is 84.6 Å². The third-order valence-electron chi connectivity index (χ3n) is 5.62. The highest BCUT2D eigenvalue weighted by atomic mass is 19.1. The second kappa shape index (κ2) is 15.0. The van der Waals surface area contributed by atoms with Crippen molar-refractivity contribution in [1.29, 1.82) is 0 Å². The lowest BCUT2D eigenvalue weighted by molar-refractivity contribution is -0.143. The number of carboxylic acids is 3. The molecule has 0 spiro atoms. The number of carboxylic acid groups (broad SMARTS) is 3. The van der Waals surface area contributed by atoms with Crippen molar-refractivity contribution in [3.05, 3.63) is 95.9 Å². The topological polar surface area (TPSA) is 187 Å². The van der Waals surface area contributed by atoms with E-state index in [0.717, 1.165) is 43.2 Å². The maximum Gasteiger partial charge on any atom is 0.335 e. The van der Waals surface area contributed by atoms with E-state index in [0.29, 0.717) is 11.9 Å². The Labute approximate surface area is 234 Å². The number of rotatable bonds is 7. The van der Waals surface area contributed by atoms with Gasteiger partial charge in [-0.3, -0.25) is 19.4 Å². The molecule has 41 heavy (non-hydrogen) atoms. The summed E-state index contributed by atoms with van der Waals surface area (Å²) in [5, 5.41) is 37.0. The van der Waals surface area contributed by atoms with Crippen LogP contribution in [-0.2, 0) is 20.8 Å². The van der Waals surface area contributed by atoms with Crippen molar-refractivity contribution in [1.82, 2.24) is 15.3 Å². The third-order valence-corrected chi connectivity index (χ3v) is 5.62. The summed E-state index contributed by atoms with van der Waals surface area (Å²) in [6.07, 6.45) is 4.94.